The maximum Gasteiger partial charge on any atom is 0.197 e. The highest BCUT2D eigenvalue weighted by molar-refractivity contribution is 14.1. The van der Waals surface area contributed by atoms with Crippen LogP contribution in [0, 0.1) is 10.5 Å². The first kappa shape index (κ1) is 14.3. The Kier molecular flexibility index (Phi) is 4.44. The second kappa shape index (κ2) is 5.90. The van der Waals surface area contributed by atoms with Crippen LogP contribution in [-0.2, 0) is 0 Å². The third-order valence-corrected chi connectivity index (χ3v) is 3.79. The van der Waals surface area contributed by atoms with Crippen molar-refractivity contribution in [3.63, 3.8) is 0 Å². The molecule has 2 heterocycles. The number of aromatic nitrogens is 2. The number of furan rings is 1. The largest absolute Gasteiger partial charge is 0.458 e. The monoisotopic (exact) mass is 371 g/mol. The van der Waals surface area contributed by atoms with Gasteiger partial charge in [0, 0.05) is 6.54 Å². The van der Waals surface area contributed by atoms with E-state index in [0.717, 1.165) is 33.1 Å². The predicted molar refractivity (Wildman–Crippen MR) is 85.4 cm³/mol. The molecule has 0 unspecified atom stereocenters. The molecule has 0 aliphatic rings. The summed E-state index contributed by atoms with van der Waals surface area (Å²) in [4.78, 5) is 9.21. The quantitative estimate of drug-likeness (QED) is 0.819. The second-order valence-corrected chi connectivity index (χ2v) is 5.77. The van der Waals surface area contributed by atoms with E-state index in [2.05, 4.69) is 58.6 Å². The molecule has 0 amide bonds. The van der Waals surface area contributed by atoms with Gasteiger partial charge in [0.05, 0.1) is 9.26 Å². The van der Waals surface area contributed by atoms with E-state index in [1.165, 1.54) is 0 Å². The summed E-state index contributed by atoms with van der Waals surface area (Å²) in [5.74, 6) is 3.46. The molecule has 102 valence electrons. The lowest BCUT2D eigenvalue weighted by atomic mass is 10.1. The van der Waals surface area contributed by atoms with Crippen LogP contribution < -0.4 is 5.32 Å². The molecule has 0 aliphatic heterocycles. The van der Waals surface area contributed by atoms with Gasteiger partial charge in [-0.3, -0.25) is 0 Å². The molecule has 1 N–H and O–H groups in total. The van der Waals surface area contributed by atoms with Crippen LogP contribution in [0.1, 0.15) is 38.1 Å². The molecule has 0 aromatic carbocycles. The zero-order valence-corrected chi connectivity index (χ0v) is 13.8. The minimum atomic E-state index is 0.349. The van der Waals surface area contributed by atoms with Gasteiger partial charge in [0.15, 0.2) is 11.6 Å². The van der Waals surface area contributed by atoms with Gasteiger partial charge >= 0.3 is 0 Å². The summed E-state index contributed by atoms with van der Waals surface area (Å²) in [6.45, 7) is 9.09. The Labute approximate surface area is 127 Å². The molecule has 2 aromatic heterocycles. The van der Waals surface area contributed by atoms with E-state index in [4.69, 9.17) is 4.42 Å². The Morgan fingerprint density at radius 1 is 1.32 bits per heavy atom. The first-order valence-electron chi connectivity index (χ1n) is 6.41. The van der Waals surface area contributed by atoms with Crippen molar-refractivity contribution in [2.24, 2.45) is 0 Å². The maximum atomic E-state index is 5.62. The molecular formula is C14H18IN3O. The van der Waals surface area contributed by atoms with Gasteiger partial charge in [0.2, 0.25) is 0 Å². The first-order valence-corrected chi connectivity index (χ1v) is 7.49. The summed E-state index contributed by atoms with van der Waals surface area (Å²) in [5.41, 5.74) is 1.05. The van der Waals surface area contributed by atoms with E-state index >= 15 is 0 Å². The van der Waals surface area contributed by atoms with Gasteiger partial charge in [0.1, 0.15) is 11.6 Å². The van der Waals surface area contributed by atoms with Crippen molar-refractivity contribution in [1.82, 2.24) is 9.97 Å². The van der Waals surface area contributed by atoms with Crippen LogP contribution >= 0.6 is 22.6 Å². The number of anilines is 1. The number of halogens is 1. The zero-order chi connectivity index (χ0) is 14.0. The van der Waals surface area contributed by atoms with E-state index in [1.807, 2.05) is 19.1 Å². The van der Waals surface area contributed by atoms with Crippen molar-refractivity contribution in [1.29, 1.82) is 0 Å². The van der Waals surface area contributed by atoms with Crippen LogP contribution in [-0.4, -0.2) is 16.5 Å². The smallest absolute Gasteiger partial charge is 0.197 e. The first-order chi connectivity index (χ1) is 9.02. The molecule has 0 bridgehead atoms. The number of hydrogen-bond acceptors (Lipinski definition) is 4. The van der Waals surface area contributed by atoms with Gasteiger partial charge in [-0.25, -0.2) is 9.97 Å². The van der Waals surface area contributed by atoms with Crippen molar-refractivity contribution < 1.29 is 4.42 Å². The third-order valence-electron chi connectivity index (χ3n) is 2.73. The molecule has 0 saturated carbocycles. The average Bonchev–Trinajstić information content (AvgIpc) is 2.78. The molecule has 2 aromatic rings. The van der Waals surface area contributed by atoms with Gasteiger partial charge in [0.25, 0.3) is 0 Å². The fraction of sp³-hybridized carbons (Fsp3) is 0.429. The van der Waals surface area contributed by atoms with Gasteiger partial charge in [-0.15, -0.1) is 0 Å². The molecule has 0 aliphatic carbocycles. The van der Waals surface area contributed by atoms with Crippen LogP contribution in [0.5, 0.6) is 0 Å². The Morgan fingerprint density at radius 2 is 2.05 bits per heavy atom. The SMILES string of the molecule is CCNc1nc(-c2ccc(C)o2)nc(C(C)C)c1I. The Morgan fingerprint density at radius 3 is 2.58 bits per heavy atom. The molecule has 0 fully saturated rings. The average molecular weight is 371 g/mol. The van der Waals surface area contributed by atoms with Crippen LogP contribution in [0.4, 0.5) is 5.82 Å². The normalized spacial score (nSPS) is 11.1. The molecular weight excluding hydrogens is 353 g/mol. The highest BCUT2D eigenvalue weighted by atomic mass is 127. The lowest BCUT2D eigenvalue weighted by Crippen LogP contribution is -2.08. The van der Waals surface area contributed by atoms with Crippen molar-refractivity contribution in [3.8, 4) is 11.6 Å². The van der Waals surface area contributed by atoms with E-state index in [1.54, 1.807) is 0 Å². The lowest BCUT2D eigenvalue weighted by molar-refractivity contribution is 0.543. The van der Waals surface area contributed by atoms with E-state index in [-0.39, 0.29) is 0 Å². The fourth-order valence-corrected chi connectivity index (χ4v) is 2.85. The molecule has 0 atom stereocenters. The lowest BCUT2D eigenvalue weighted by Gasteiger charge is -2.13. The standard InChI is InChI=1S/C14H18IN3O/c1-5-16-14-11(15)12(8(2)3)17-13(18-14)10-7-6-9(4)19-10/h6-8H,5H2,1-4H3,(H,16,17,18). The summed E-state index contributed by atoms with van der Waals surface area (Å²) in [5, 5.41) is 3.29. The molecule has 5 heteroatoms. The summed E-state index contributed by atoms with van der Waals surface area (Å²) >= 11 is 2.30. The van der Waals surface area contributed by atoms with Gasteiger partial charge in [-0.2, -0.15) is 0 Å². The molecule has 2 rings (SSSR count). The minimum absolute atomic E-state index is 0.349. The Hall–Kier alpha value is -1.11. The van der Waals surface area contributed by atoms with Crippen LogP contribution in [0.15, 0.2) is 16.5 Å². The molecule has 0 radical (unpaired) electrons. The van der Waals surface area contributed by atoms with E-state index < -0.39 is 0 Å². The summed E-state index contributed by atoms with van der Waals surface area (Å²) in [6, 6.07) is 3.84. The molecule has 19 heavy (non-hydrogen) atoms. The predicted octanol–water partition coefficient (Wildman–Crippen LogP) is 4.20. The summed E-state index contributed by atoms with van der Waals surface area (Å²) < 4.78 is 6.71. The molecule has 4 nitrogen and oxygen atoms in total. The van der Waals surface area contributed by atoms with E-state index in [9.17, 15) is 0 Å². The van der Waals surface area contributed by atoms with Crippen molar-refractivity contribution in [2.45, 2.75) is 33.6 Å². The topological polar surface area (TPSA) is 51.0 Å². The van der Waals surface area contributed by atoms with Crippen LogP contribution in [0.25, 0.3) is 11.6 Å². The second-order valence-electron chi connectivity index (χ2n) is 4.69. The Bertz CT molecular complexity index is 578. The van der Waals surface area contributed by atoms with Gasteiger partial charge < -0.3 is 9.73 Å². The molecule has 0 saturated heterocycles. The maximum absolute atomic E-state index is 5.62. The number of hydrogen-bond donors (Lipinski definition) is 1. The zero-order valence-electron chi connectivity index (χ0n) is 11.6. The third kappa shape index (κ3) is 3.08. The fourth-order valence-electron chi connectivity index (χ4n) is 1.80. The Balaban J connectivity index is 2.55. The van der Waals surface area contributed by atoms with Crippen molar-refractivity contribution in [3.05, 3.63) is 27.2 Å². The summed E-state index contributed by atoms with van der Waals surface area (Å²) in [6.07, 6.45) is 0. The highest BCUT2D eigenvalue weighted by Gasteiger charge is 2.16. The van der Waals surface area contributed by atoms with Gasteiger partial charge in [-0.1, -0.05) is 13.8 Å². The highest BCUT2D eigenvalue weighted by Crippen LogP contribution is 2.28. The summed E-state index contributed by atoms with van der Waals surface area (Å²) in [7, 11) is 0. The minimum Gasteiger partial charge on any atom is -0.458 e. The molecule has 0 spiro atoms. The van der Waals surface area contributed by atoms with E-state index in [0.29, 0.717) is 11.7 Å². The van der Waals surface area contributed by atoms with Crippen molar-refractivity contribution in [2.75, 3.05) is 11.9 Å². The number of rotatable bonds is 4. The number of nitrogens with one attached hydrogen (secondary N) is 1. The van der Waals surface area contributed by atoms with Crippen LogP contribution in [0.2, 0.25) is 0 Å². The van der Waals surface area contributed by atoms with Crippen LogP contribution in [0.3, 0.4) is 0 Å². The van der Waals surface area contributed by atoms with Crippen molar-refractivity contribution >= 4 is 28.4 Å². The number of aryl methyl sites for hydroxylation is 1. The number of nitrogens with zero attached hydrogens (tertiary/aromatic N) is 2. The van der Waals surface area contributed by atoms with Gasteiger partial charge in [-0.05, 0) is 54.5 Å².